The predicted molar refractivity (Wildman–Crippen MR) is 140 cm³/mol. The van der Waals surface area contributed by atoms with Crippen LogP contribution in [0.4, 0.5) is 4.39 Å². The van der Waals surface area contributed by atoms with E-state index >= 15 is 0 Å². The van der Waals surface area contributed by atoms with Gasteiger partial charge in [0.25, 0.3) is 0 Å². The van der Waals surface area contributed by atoms with Gasteiger partial charge in [0.15, 0.2) is 0 Å². The van der Waals surface area contributed by atoms with Crippen molar-refractivity contribution in [2.45, 2.75) is 47.3 Å². The van der Waals surface area contributed by atoms with Crippen LogP contribution < -0.4 is 9.75 Å². The molecule has 0 aliphatic rings. The Kier molecular flexibility index (Phi) is 4.80. The lowest BCUT2D eigenvalue weighted by atomic mass is 9.95. The van der Waals surface area contributed by atoms with Gasteiger partial charge in [0.1, 0.15) is 24.0 Å². The molecular weight excluding hydrogens is 425 g/mol. The molecule has 4 heteroatoms. The Morgan fingerprint density at radius 3 is 2.15 bits per heavy atom. The van der Waals surface area contributed by atoms with Gasteiger partial charge in [0.05, 0.1) is 13.6 Å². The summed E-state index contributed by atoms with van der Waals surface area (Å²) in [5, 5.41) is 4.79. The first-order valence-corrected chi connectivity index (χ1v) is 15.0. The van der Waals surface area contributed by atoms with Crippen LogP contribution in [0.5, 0.6) is 0 Å². The first-order chi connectivity index (χ1) is 15.5. The molecule has 0 amide bonds. The molecule has 3 aromatic carbocycles. The average Bonchev–Trinajstić information content (AvgIpc) is 3.07. The van der Waals surface area contributed by atoms with Crippen LogP contribution in [0, 0.1) is 33.5 Å². The van der Waals surface area contributed by atoms with E-state index in [2.05, 4.69) is 83.2 Å². The summed E-state index contributed by atoms with van der Waals surface area (Å²) in [5.74, 6) is -0.278. The number of halogens is 1. The van der Waals surface area contributed by atoms with Crippen molar-refractivity contribution < 1.29 is 13.4 Å². The Morgan fingerprint density at radius 1 is 0.788 bits per heavy atom. The van der Waals surface area contributed by atoms with Crippen LogP contribution in [-0.4, -0.2) is 8.07 Å². The molecule has 0 saturated heterocycles. The molecule has 0 spiro atoms. The fourth-order valence-corrected chi connectivity index (χ4v) is 6.59. The molecule has 5 aromatic rings. The minimum absolute atomic E-state index is 0.278. The van der Waals surface area contributed by atoms with Crippen molar-refractivity contribution in [1.82, 2.24) is 0 Å². The Hall–Kier alpha value is -2.98. The van der Waals surface area contributed by atoms with Crippen molar-refractivity contribution in [3.63, 3.8) is 0 Å². The first-order valence-electron chi connectivity index (χ1n) is 11.5. The summed E-state index contributed by atoms with van der Waals surface area (Å²) in [4.78, 5) is 0. The van der Waals surface area contributed by atoms with Gasteiger partial charge in [-0.3, -0.25) is 0 Å². The highest BCUT2D eigenvalue weighted by Crippen LogP contribution is 2.39. The van der Waals surface area contributed by atoms with Crippen LogP contribution in [0.1, 0.15) is 22.3 Å². The molecule has 0 fully saturated rings. The molecule has 0 N–H and O–H groups in total. The van der Waals surface area contributed by atoms with Gasteiger partial charge in [0, 0.05) is 34.4 Å². The van der Waals surface area contributed by atoms with Crippen molar-refractivity contribution in [3.8, 4) is 11.3 Å². The number of benzene rings is 3. The highest BCUT2D eigenvalue weighted by molar-refractivity contribution is 6.90. The smallest absolute Gasteiger partial charge is 0.216 e. The van der Waals surface area contributed by atoms with Gasteiger partial charge in [-0.15, -0.1) is 0 Å². The van der Waals surface area contributed by atoms with E-state index < -0.39 is 8.07 Å². The Labute approximate surface area is 195 Å². The van der Waals surface area contributed by atoms with Gasteiger partial charge in [-0.25, -0.2) is 4.39 Å². The van der Waals surface area contributed by atoms with Crippen LogP contribution in [0.25, 0.3) is 44.1 Å². The summed E-state index contributed by atoms with van der Waals surface area (Å²) in [5.41, 5.74) is 9.93. The van der Waals surface area contributed by atoms with E-state index in [-0.39, 0.29) is 5.82 Å². The number of aromatic nitrogens is 1. The summed E-state index contributed by atoms with van der Waals surface area (Å²) in [6.45, 7) is 15.9. The summed E-state index contributed by atoms with van der Waals surface area (Å²) in [6, 6.07) is 14.1. The maximum atomic E-state index is 14.0. The normalized spacial score (nSPS) is 12.4. The van der Waals surface area contributed by atoms with Crippen molar-refractivity contribution in [3.05, 3.63) is 70.5 Å². The Balaban J connectivity index is 1.98. The van der Waals surface area contributed by atoms with Gasteiger partial charge in [-0.2, -0.15) is 4.57 Å². The molecule has 0 radical (unpaired) electrons. The van der Waals surface area contributed by atoms with Crippen LogP contribution in [0.3, 0.4) is 0 Å². The van der Waals surface area contributed by atoms with Crippen molar-refractivity contribution in [2.75, 3.05) is 0 Å². The summed E-state index contributed by atoms with van der Waals surface area (Å²) >= 11 is 0. The molecule has 0 aliphatic carbocycles. The molecule has 2 aromatic heterocycles. The molecule has 0 aliphatic heterocycles. The predicted octanol–water partition coefficient (Wildman–Crippen LogP) is 7.15. The van der Waals surface area contributed by atoms with Gasteiger partial charge in [-0.05, 0) is 79.4 Å². The lowest BCUT2D eigenvalue weighted by Gasteiger charge is -2.21. The second-order valence-electron chi connectivity index (χ2n) is 10.5. The topological polar surface area (TPSA) is 17.0 Å². The Bertz CT molecular complexity index is 1600. The number of pyridine rings is 1. The minimum atomic E-state index is -1.66. The number of aryl methyl sites for hydroxylation is 4. The second kappa shape index (κ2) is 7.26. The van der Waals surface area contributed by atoms with E-state index in [1.807, 2.05) is 6.07 Å². The molecule has 0 bridgehead atoms. The third kappa shape index (κ3) is 3.31. The van der Waals surface area contributed by atoms with Crippen LogP contribution >= 0.6 is 0 Å². The Morgan fingerprint density at radius 2 is 1.45 bits per heavy atom. The molecule has 168 valence electrons. The molecule has 2 nitrogen and oxygen atoms in total. The maximum Gasteiger partial charge on any atom is 0.216 e. The molecule has 2 heterocycles. The van der Waals surface area contributed by atoms with E-state index in [9.17, 15) is 4.39 Å². The summed E-state index contributed by atoms with van der Waals surface area (Å²) < 4.78 is 22.6. The average molecular weight is 457 g/mol. The molecule has 0 saturated carbocycles. The monoisotopic (exact) mass is 456 g/mol. The fourth-order valence-electron chi connectivity index (χ4n) is 5.02. The van der Waals surface area contributed by atoms with Crippen LogP contribution in [0.15, 0.2) is 46.9 Å². The zero-order valence-electron chi connectivity index (χ0n) is 20.8. The molecule has 5 rings (SSSR count). The van der Waals surface area contributed by atoms with E-state index in [0.717, 1.165) is 27.6 Å². The van der Waals surface area contributed by atoms with Crippen molar-refractivity contribution in [2.24, 2.45) is 7.05 Å². The number of fused-ring (bicyclic) bond motifs is 4. The van der Waals surface area contributed by atoms with E-state index in [1.165, 1.54) is 50.5 Å². The molecule has 33 heavy (non-hydrogen) atoms. The summed E-state index contributed by atoms with van der Waals surface area (Å²) in [6.07, 6.45) is 0. The zero-order chi connectivity index (χ0) is 23.8. The maximum absolute atomic E-state index is 14.0. The number of hydrogen-bond acceptors (Lipinski definition) is 1. The van der Waals surface area contributed by atoms with Crippen molar-refractivity contribution >= 4 is 46.1 Å². The van der Waals surface area contributed by atoms with E-state index in [4.69, 9.17) is 4.42 Å². The first kappa shape index (κ1) is 21.8. The number of hydrogen-bond donors (Lipinski definition) is 0. The number of furan rings is 1. The zero-order valence-corrected chi connectivity index (χ0v) is 21.8. The largest absolute Gasteiger partial charge is 0.455 e. The fraction of sp³-hybridized carbons (Fsp3) is 0.276. The number of nitrogens with zero attached hydrogens (tertiary/aromatic N) is 1. The number of rotatable bonds is 2. The lowest BCUT2D eigenvalue weighted by Crippen LogP contribution is -2.43. The molecule has 0 atom stereocenters. The van der Waals surface area contributed by atoms with Crippen LogP contribution in [0.2, 0.25) is 19.6 Å². The quantitative estimate of drug-likeness (QED) is 0.204. The third-order valence-electron chi connectivity index (χ3n) is 7.22. The highest BCUT2D eigenvalue weighted by Gasteiger charge is 2.29. The van der Waals surface area contributed by atoms with Gasteiger partial charge >= 0.3 is 0 Å². The second-order valence-corrected chi connectivity index (χ2v) is 15.6. The van der Waals surface area contributed by atoms with E-state index in [1.54, 1.807) is 0 Å². The SMILES string of the molecule is Cc1cc2c([Si](C)(C)C)cc(-c3c(C)c(C)cc4c3oc3cc(F)ccc34)[n+](C)c2cc1C. The van der Waals surface area contributed by atoms with Crippen LogP contribution in [-0.2, 0) is 7.05 Å². The van der Waals surface area contributed by atoms with Crippen molar-refractivity contribution in [1.29, 1.82) is 0 Å². The standard InChI is InChI=1S/C29H31FNOSi/c1-16-11-23-24(13-17(16)2)31(5)25(15-27(23)33(6,7)8)28-19(4)18(3)12-22-21-10-9-20(30)14-26(21)32-29(22)28/h9-15H,1-8H3/q+1. The van der Waals surface area contributed by atoms with Gasteiger partial charge in [-0.1, -0.05) is 19.6 Å². The van der Waals surface area contributed by atoms with E-state index in [0.29, 0.717) is 5.58 Å². The summed E-state index contributed by atoms with van der Waals surface area (Å²) in [7, 11) is 0.493. The molecule has 0 unspecified atom stereocenters. The van der Waals surface area contributed by atoms with Gasteiger partial charge in [0.2, 0.25) is 11.2 Å². The lowest BCUT2D eigenvalue weighted by molar-refractivity contribution is -0.633. The van der Waals surface area contributed by atoms with Gasteiger partial charge < -0.3 is 4.42 Å². The minimum Gasteiger partial charge on any atom is -0.455 e. The highest BCUT2D eigenvalue weighted by atomic mass is 28.3. The third-order valence-corrected chi connectivity index (χ3v) is 9.24. The molecular formula is C29H31FNOSi+.